The summed E-state index contributed by atoms with van der Waals surface area (Å²) in [6.07, 6.45) is 0.216. The first kappa shape index (κ1) is 22.6. The smallest absolute Gasteiger partial charge is 0.335 e. The van der Waals surface area contributed by atoms with Gasteiger partial charge in [0.15, 0.2) is 0 Å². The molecule has 8 nitrogen and oxygen atoms in total. The normalized spacial score (nSPS) is 14.9. The van der Waals surface area contributed by atoms with Gasteiger partial charge in [-0.15, -0.1) is 0 Å². The molecule has 172 valence electrons. The molecule has 1 heterocycles. The summed E-state index contributed by atoms with van der Waals surface area (Å²) < 4.78 is 0. The van der Waals surface area contributed by atoms with E-state index in [4.69, 9.17) is 5.11 Å². The number of carbonyl (C=O) groups excluding carboxylic acids is 1. The largest absolute Gasteiger partial charge is 0.507 e. The quantitative estimate of drug-likeness (QED) is 0.457. The van der Waals surface area contributed by atoms with E-state index in [0.717, 1.165) is 31.7 Å². The number of hydrogen-bond donors (Lipinski definition) is 4. The number of rotatable bonds is 6. The Morgan fingerprint density at radius 3 is 2.27 bits per heavy atom. The molecule has 1 fully saturated rings. The molecule has 0 unspecified atom stereocenters. The van der Waals surface area contributed by atoms with Crippen molar-refractivity contribution in [2.45, 2.75) is 6.42 Å². The molecule has 0 saturated carbocycles. The lowest BCUT2D eigenvalue weighted by Gasteiger charge is -2.32. The number of hydrogen-bond acceptors (Lipinski definition) is 6. The number of amides is 1. The standard InChI is InChI=1S/C25H27N3O5/c1-27-8-10-28(11-9-27)15-26-24(31)19-7-6-18-14-22(29)21(23(30)20(18)13-19)12-16-2-4-17(5-3-16)25(32)33/h2-7,13-14,29-30H,8-12,15H2,1H3,(H,26,31)(H,32,33). The second-order valence-corrected chi connectivity index (χ2v) is 8.42. The molecule has 0 spiro atoms. The van der Waals surface area contributed by atoms with Crippen molar-refractivity contribution in [2.75, 3.05) is 39.9 Å². The molecule has 1 aliphatic heterocycles. The van der Waals surface area contributed by atoms with E-state index in [1.54, 1.807) is 36.4 Å². The van der Waals surface area contributed by atoms with Crippen LogP contribution in [0.4, 0.5) is 0 Å². The van der Waals surface area contributed by atoms with Gasteiger partial charge in [0.1, 0.15) is 11.5 Å². The number of carboxylic acids is 1. The number of phenols is 2. The van der Waals surface area contributed by atoms with Crippen LogP contribution in [0, 0.1) is 0 Å². The van der Waals surface area contributed by atoms with Crippen LogP contribution >= 0.6 is 0 Å². The second kappa shape index (κ2) is 9.48. The Morgan fingerprint density at radius 2 is 1.61 bits per heavy atom. The maximum atomic E-state index is 12.7. The van der Waals surface area contributed by atoms with E-state index in [0.29, 0.717) is 28.6 Å². The Balaban J connectivity index is 1.54. The van der Waals surface area contributed by atoms with Crippen LogP contribution in [0.25, 0.3) is 10.8 Å². The highest BCUT2D eigenvalue weighted by Gasteiger charge is 2.17. The van der Waals surface area contributed by atoms with Crippen molar-refractivity contribution in [3.63, 3.8) is 0 Å². The van der Waals surface area contributed by atoms with Crippen molar-refractivity contribution >= 4 is 22.6 Å². The Kier molecular flexibility index (Phi) is 6.48. The summed E-state index contributed by atoms with van der Waals surface area (Å²) in [5.41, 5.74) is 1.65. The summed E-state index contributed by atoms with van der Waals surface area (Å²) in [6.45, 7) is 4.18. The van der Waals surface area contributed by atoms with E-state index in [1.807, 2.05) is 0 Å². The zero-order chi connectivity index (χ0) is 23.5. The second-order valence-electron chi connectivity index (χ2n) is 8.42. The third-order valence-corrected chi connectivity index (χ3v) is 6.10. The fourth-order valence-corrected chi connectivity index (χ4v) is 3.98. The number of piperazine rings is 1. The van der Waals surface area contributed by atoms with Crippen LogP contribution in [0.5, 0.6) is 11.5 Å². The highest BCUT2D eigenvalue weighted by atomic mass is 16.4. The molecule has 0 aromatic heterocycles. The number of fused-ring (bicyclic) bond motifs is 1. The first-order valence-electron chi connectivity index (χ1n) is 10.8. The van der Waals surface area contributed by atoms with Gasteiger partial charge in [0.25, 0.3) is 5.91 Å². The molecule has 3 aromatic rings. The zero-order valence-electron chi connectivity index (χ0n) is 18.4. The van der Waals surface area contributed by atoms with Crippen LogP contribution < -0.4 is 5.32 Å². The van der Waals surface area contributed by atoms with Gasteiger partial charge < -0.3 is 25.5 Å². The van der Waals surface area contributed by atoms with Crippen LogP contribution in [0.3, 0.4) is 0 Å². The molecule has 1 aliphatic rings. The Hall–Kier alpha value is -3.62. The summed E-state index contributed by atoms with van der Waals surface area (Å²) in [5, 5.41) is 34.4. The van der Waals surface area contributed by atoms with Crippen LogP contribution in [0.2, 0.25) is 0 Å². The van der Waals surface area contributed by atoms with Gasteiger partial charge in [-0.2, -0.15) is 0 Å². The molecule has 1 saturated heterocycles. The Labute approximate surface area is 191 Å². The summed E-state index contributed by atoms with van der Waals surface area (Å²) >= 11 is 0. The molecule has 0 aliphatic carbocycles. The van der Waals surface area contributed by atoms with Gasteiger partial charge in [-0.25, -0.2) is 4.79 Å². The minimum Gasteiger partial charge on any atom is -0.507 e. The van der Waals surface area contributed by atoms with Crippen LogP contribution in [-0.2, 0) is 6.42 Å². The molecule has 1 amide bonds. The van der Waals surface area contributed by atoms with Crippen LogP contribution in [0.1, 0.15) is 31.8 Å². The summed E-state index contributed by atoms with van der Waals surface area (Å²) in [4.78, 5) is 28.2. The Bertz CT molecular complexity index is 1180. The zero-order valence-corrected chi connectivity index (χ0v) is 18.4. The van der Waals surface area contributed by atoms with Gasteiger partial charge >= 0.3 is 5.97 Å². The van der Waals surface area contributed by atoms with Crippen LogP contribution in [0.15, 0.2) is 48.5 Å². The maximum absolute atomic E-state index is 12.7. The van der Waals surface area contributed by atoms with Gasteiger partial charge in [-0.3, -0.25) is 9.69 Å². The number of aromatic carboxylic acids is 1. The number of benzene rings is 3. The van der Waals surface area contributed by atoms with Crippen LogP contribution in [-0.4, -0.2) is 76.9 Å². The topological polar surface area (TPSA) is 113 Å². The van der Waals surface area contributed by atoms with Crippen molar-refractivity contribution in [3.8, 4) is 11.5 Å². The lowest BCUT2D eigenvalue weighted by atomic mass is 9.97. The van der Waals surface area contributed by atoms with E-state index in [2.05, 4.69) is 22.2 Å². The number of carbonyl (C=O) groups is 2. The molecule has 0 bridgehead atoms. The first-order chi connectivity index (χ1) is 15.8. The summed E-state index contributed by atoms with van der Waals surface area (Å²) in [5.74, 6) is -1.40. The molecule has 4 N–H and O–H groups in total. The fourth-order valence-electron chi connectivity index (χ4n) is 3.98. The molecule has 8 heteroatoms. The molecule has 33 heavy (non-hydrogen) atoms. The number of likely N-dealkylation sites (N-methyl/N-ethyl adjacent to an activating group) is 1. The summed E-state index contributed by atoms with van der Waals surface area (Å²) in [7, 11) is 2.08. The third kappa shape index (κ3) is 5.08. The maximum Gasteiger partial charge on any atom is 0.335 e. The van der Waals surface area contributed by atoms with Crippen molar-refractivity contribution in [1.29, 1.82) is 0 Å². The first-order valence-corrected chi connectivity index (χ1v) is 10.8. The number of nitrogens with one attached hydrogen (secondary N) is 1. The van der Waals surface area contributed by atoms with E-state index in [-0.39, 0.29) is 29.4 Å². The predicted octanol–water partition coefficient (Wildman–Crippen LogP) is 2.47. The number of carboxylic acid groups (broad SMARTS) is 1. The van der Waals surface area contributed by atoms with E-state index in [1.165, 1.54) is 12.1 Å². The number of nitrogens with zero attached hydrogens (tertiary/aromatic N) is 2. The highest BCUT2D eigenvalue weighted by Crippen LogP contribution is 2.37. The molecule has 3 aromatic carbocycles. The molecule has 4 rings (SSSR count). The summed E-state index contributed by atoms with van der Waals surface area (Å²) in [6, 6.07) is 12.8. The van der Waals surface area contributed by atoms with Gasteiger partial charge in [-0.05, 0) is 48.3 Å². The molecule has 0 atom stereocenters. The molecular formula is C25H27N3O5. The van der Waals surface area contributed by atoms with E-state index >= 15 is 0 Å². The van der Waals surface area contributed by atoms with Gasteiger partial charge in [0, 0.05) is 49.1 Å². The highest BCUT2D eigenvalue weighted by molar-refractivity contribution is 6.01. The molecule has 0 radical (unpaired) electrons. The van der Waals surface area contributed by atoms with Crippen molar-refractivity contribution < 1.29 is 24.9 Å². The average Bonchev–Trinajstić information content (AvgIpc) is 2.81. The van der Waals surface area contributed by atoms with Gasteiger partial charge in [-0.1, -0.05) is 18.2 Å². The third-order valence-electron chi connectivity index (χ3n) is 6.10. The predicted molar refractivity (Wildman–Crippen MR) is 125 cm³/mol. The van der Waals surface area contributed by atoms with Crippen molar-refractivity contribution in [1.82, 2.24) is 15.1 Å². The average molecular weight is 450 g/mol. The number of phenolic OH excluding ortho intramolecular Hbond substituents is 2. The van der Waals surface area contributed by atoms with Gasteiger partial charge in [0.05, 0.1) is 12.2 Å². The Morgan fingerprint density at radius 1 is 0.939 bits per heavy atom. The van der Waals surface area contributed by atoms with Gasteiger partial charge in [0.2, 0.25) is 0 Å². The minimum absolute atomic E-state index is 0.0606. The lowest BCUT2D eigenvalue weighted by Crippen LogP contribution is -2.48. The minimum atomic E-state index is -1.02. The number of aromatic hydroxyl groups is 2. The van der Waals surface area contributed by atoms with E-state index < -0.39 is 5.97 Å². The van der Waals surface area contributed by atoms with E-state index in [9.17, 15) is 19.8 Å². The lowest BCUT2D eigenvalue weighted by molar-refractivity contribution is 0.0696. The fraction of sp³-hybridized carbons (Fsp3) is 0.280. The van der Waals surface area contributed by atoms with Crippen molar-refractivity contribution in [2.24, 2.45) is 0 Å². The van der Waals surface area contributed by atoms with Crippen molar-refractivity contribution in [3.05, 3.63) is 70.8 Å². The molecular weight excluding hydrogens is 422 g/mol. The monoisotopic (exact) mass is 449 g/mol. The SMILES string of the molecule is CN1CCN(CNC(=O)c2ccc3cc(O)c(Cc4ccc(C(=O)O)cc4)c(O)c3c2)CC1.